The van der Waals surface area contributed by atoms with Gasteiger partial charge in [-0.15, -0.1) is 0 Å². The number of halogens is 1. The number of nitrogens with zero attached hydrogens (tertiary/aromatic N) is 2. The van der Waals surface area contributed by atoms with Gasteiger partial charge in [-0.2, -0.15) is 0 Å². The maximum Gasteiger partial charge on any atom is 0.0659 e. The Balaban J connectivity index is 1.42. The second kappa shape index (κ2) is 7.86. The molecule has 0 amide bonds. The third-order valence-corrected chi connectivity index (χ3v) is 5.06. The Morgan fingerprint density at radius 2 is 1.65 bits per heavy atom. The fraction of sp³-hybridized carbons (Fsp3) is 0.174. The molecule has 0 radical (unpaired) electrons. The first-order chi connectivity index (χ1) is 12.8. The molecule has 3 heteroatoms. The van der Waals surface area contributed by atoms with E-state index in [1.165, 1.54) is 11.1 Å². The Labute approximate surface area is 159 Å². The van der Waals surface area contributed by atoms with Crippen molar-refractivity contribution in [2.45, 2.75) is 13.0 Å². The predicted molar refractivity (Wildman–Crippen MR) is 109 cm³/mol. The van der Waals surface area contributed by atoms with Crippen LogP contribution in [0.2, 0.25) is 5.02 Å². The van der Waals surface area contributed by atoms with Crippen molar-refractivity contribution in [2.75, 3.05) is 13.1 Å². The van der Waals surface area contributed by atoms with E-state index < -0.39 is 0 Å². The summed E-state index contributed by atoms with van der Waals surface area (Å²) in [6.07, 6.45) is 5.31. The summed E-state index contributed by atoms with van der Waals surface area (Å²) in [7, 11) is 0. The van der Waals surface area contributed by atoms with Crippen LogP contribution in [0.15, 0.2) is 79.0 Å². The average molecular weight is 361 g/mol. The minimum atomic E-state index is 0.755. The third-order valence-electron chi connectivity index (χ3n) is 4.81. The molecule has 1 aliphatic heterocycles. The van der Waals surface area contributed by atoms with Gasteiger partial charge in [0.2, 0.25) is 0 Å². The van der Waals surface area contributed by atoms with E-state index in [4.69, 9.17) is 16.6 Å². The van der Waals surface area contributed by atoms with Crippen molar-refractivity contribution in [3.63, 3.8) is 0 Å². The quantitative estimate of drug-likeness (QED) is 0.594. The summed E-state index contributed by atoms with van der Waals surface area (Å²) in [6, 6.07) is 22.8. The van der Waals surface area contributed by atoms with Crippen molar-refractivity contribution < 1.29 is 0 Å². The molecule has 2 nitrogen and oxygen atoms in total. The normalized spacial score (nSPS) is 14.9. The summed E-state index contributed by atoms with van der Waals surface area (Å²) in [5.74, 6) is 0. The highest BCUT2D eigenvalue weighted by Crippen LogP contribution is 2.25. The van der Waals surface area contributed by atoms with Crippen LogP contribution >= 0.6 is 11.6 Å². The highest BCUT2D eigenvalue weighted by atomic mass is 35.5. The molecule has 0 fully saturated rings. The first-order valence-electron chi connectivity index (χ1n) is 8.95. The molecule has 4 rings (SSSR count). The minimum absolute atomic E-state index is 0.755. The minimum Gasteiger partial charge on any atom is -0.295 e. The van der Waals surface area contributed by atoms with E-state index in [-0.39, 0.29) is 0 Å². The highest BCUT2D eigenvalue weighted by Gasteiger charge is 2.14. The molecular weight excluding hydrogens is 340 g/mol. The number of rotatable bonds is 4. The standard InChI is InChI=1S/C23H21ClN2/c24-22-9-6-19(7-10-22)21-8-11-23(25-16-21)20-12-14-26(15-13-20)17-18-4-2-1-3-5-18/h1-12,16H,13-15,17H2. The Hall–Kier alpha value is -2.42. The summed E-state index contributed by atoms with van der Waals surface area (Å²) in [4.78, 5) is 7.16. The van der Waals surface area contributed by atoms with Gasteiger partial charge in [0.25, 0.3) is 0 Å². The molecule has 0 spiro atoms. The van der Waals surface area contributed by atoms with Crippen molar-refractivity contribution in [3.8, 4) is 11.1 Å². The lowest BCUT2D eigenvalue weighted by Gasteiger charge is -2.26. The molecule has 130 valence electrons. The topological polar surface area (TPSA) is 16.1 Å². The zero-order valence-electron chi connectivity index (χ0n) is 14.6. The molecule has 0 bridgehead atoms. The molecular formula is C23H21ClN2. The highest BCUT2D eigenvalue weighted by molar-refractivity contribution is 6.30. The number of pyridine rings is 1. The average Bonchev–Trinajstić information content (AvgIpc) is 2.70. The summed E-state index contributed by atoms with van der Waals surface area (Å²) in [5.41, 5.74) is 6.06. The lowest BCUT2D eigenvalue weighted by molar-refractivity contribution is 0.294. The maximum atomic E-state index is 5.96. The Bertz CT molecular complexity index is 884. The van der Waals surface area contributed by atoms with Gasteiger partial charge in [0.1, 0.15) is 0 Å². The van der Waals surface area contributed by atoms with Crippen LogP contribution in [0.1, 0.15) is 17.7 Å². The molecule has 0 aliphatic carbocycles. The van der Waals surface area contributed by atoms with Gasteiger partial charge in [0.05, 0.1) is 5.69 Å². The van der Waals surface area contributed by atoms with Gasteiger partial charge in [0.15, 0.2) is 0 Å². The van der Waals surface area contributed by atoms with Crippen molar-refractivity contribution in [3.05, 3.63) is 95.3 Å². The summed E-state index contributed by atoms with van der Waals surface area (Å²) in [6.45, 7) is 3.06. The van der Waals surface area contributed by atoms with E-state index in [0.717, 1.165) is 47.9 Å². The van der Waals surface area contributed by atoms with Crippen LogP contribution in [0, 0.1) is 0 Å². The van der Waals surface area contributed by atoms with Gasteiger partial charge < -0.3 is 0 Å². The molecule has 0 saturated heterocycles. The SMILES string of the molecule is Clc1ccc(-c2ccc(C3=CCN(Cc4ccccc4)CC3)nc2)cc1. The molecule has 0 N–H and O–H groups in total. The van der Waals surface area contributed by atoms with Crippen LogP contribution in [-0.4, -0.2) is 23.0 Å². The van der Waals surface area contributed by atoms with E-state index in [1.54, 1.807) is 0 Å². The Kier molecular flexibility index (Phi) is 5.14. The van der Waals surface area contributed by atoms with Crippen LogP contribution in [0.25, 0.3) is 16.7 Å². The summed E-state index contributed by atoms with van der Waals surface area (Å²) < 4.78 is 0. The largest absolute Gasteiger partial charge is 0.295 e. The maximum absolute atomic E-state index is 5.96. The van der Waals surface area contributed by atoms with Crippen molar-refractivity contribution in [1.29, 1.82) is 0 Å². The number of benzene rings is 2. The lowest BCUT2D eigenvalue weighted by Crippen LogP contribution is -2.28. The lowest BCUT2D eigenvalue weighted by atomic mass is 10.0. The van der Waals surface area contributed by atoms with Gasteiger partial charge in [-0.05, 0) is 41.3 Å². The zero-order valence-corrected chi connectivity index (χ0v) is 15.4. The van der Waals surface area contributed by atoms with Gasteiger partial charge in [-0.25, -0.2) is 0 Å². The second-order valence-corrected chi connectivity index (χ2v) is 7.08. The predicted octanol–water partition coefficient (Wildman–Crippen LogP) is 5.69. The summed E-state index contributed by atoms with van der Waals surface area (Å²) >= 11 is 5.96. The van der Waals surface area contributed by atoms with E-state index >= 15 is 0 Å². The van der Waals surface area contributed by atoms with Crippen molar-refractivity contribution in [1.82, 2.24) is 9.88 Å². The van der Waals surface area contributed by atoms with Crippen molar-refractivity contribution in [2.24, 2.45) is 0 Å². The van der Waals surface area contributed by atoms with Crippen LogP contribution in [0.3, 0.4) is 0 Å². The first kappa shape index (κ1) is 17.0. The monoisotopic (exact) mass is 360 g/mol. The molecule has 0 unspecified atom stereocenters. The van der Waals surface area contributed by atoms with E-state index in [1.807, 2.05) is 30.5 Å². The van der Waals surface area contributed by atoms with Gasteiger partial charge in [0, 0.05) is 36.4 Å². The smallest absolute Gasteiger partial charge is 0.0659 e. The molecule has 26 heavy (non-hydrogen) atoms. The fourth-order valence-corrected chi connectivity index (χ4v) is 3.45. The van der Waals surface area contributed by atoms with E-state index in [2.05, 4.69) is 53.4 Å². The number of hydrogen-bond donors (Lipinski definition) is 0. The van der Waals surface area contributed by atoms with Crippen LogP contribution in [0.5, 0.6) is 0 Å². The summed E-state index contributed by atoms with van der Waals surface area (Å²) in [5, 5.41) is 0.755. The number of aromatic nitrogens is 1. The van der Waals surface area contributed by atoms with E-state index in [0.29, 0.717) is 0 Å². The molecule has 2 heterocycles. The molecule has 3 aromatic rings. The van der Waals surface area contributed by atoms with Crippen LogP contribution < -0.4 is 0 Å². The number of hydrogen-bond acceptors (Lipinski definition) is 2. The molecule has 2 aromatic carbocycles. The van der Waals surface area contributed by atoms with Crippen LogP contribution in [-0.2, 0) is 6.54 Å². The van der Waals surface area contributed by atoms with Gasteiger partial charge in [-0.3, -0.25) is 9.88 Å². The molecule has 1 aliphatic rings. The van der Waals surface area contributed by atoms with E-state index in [9.17, 15) is 0 Å². The Morgan fingerprint density at radius 3 is 2.31 bits per heavy atom. The fourth-order valence-electron chi connectivity index (χ4n) is 3.33. The molecule has 0 saturated carbocycles. The zero-order chi connectivity index (χ0) is 17.8. The van der Waals surface area contributed by atoms with Gasteiger partial charge >= 0.3 is 0 Å². The van der Waals surface area contributed by atoms with Crippen LogP contribution in [0.4, 0.5) is 0 Å². The Morgan fingerprint density at radius 1 is 0.885 bits per heavy atom. The first-order valence-corrected chi connectivity index (χ1v) is 9.33. The van der Waals surface area contributed by atoms with Gasteiger partial charge in [-0.1, -0.05) is 66.2 Å². The third kappa shape index (κ3) is 4.04. The second-order valence-electron chi connectivity index (χ2n) is 6.64. The van der Waals surface area contributed by atoms with Crippen molar-refractivity contribution >= 4 is 17.2 Å². The molecule has 0 atom stereocenters. The molecule has 1 aromatic heterocycles.